The van der Waals surface area contributed by atoms with Crippen LogP contribution in [0.2, 0.25) is 0 Å². The second-order valence-electron chi connectivity index (χ2n) is 4.91. The molecule has 11 heteroatoms. The van der Waals surface area contributed by atoms with Gasteiger partial charge < -0.3 is 15.2 Å². The van der Waals surface area contributed by atoms with Gasteiger partial charge in [-0.2, -0.15) is 5.48 Å². The summed E-state index contributed by atoms with van der Waals surface area (Å²) in [6.07, 6.45) is 3.52. The van der Waals surface area contributed by atoms with Crippen molar-refractivity contribution in [2.45, 2.75) is 0 Å². The van der Waals surface area contributed by atoms with Crippen LogP contribution in [0.25, 0.3) is 5.52 Å². The molecule has 0 aliphatic carbocycles. The van der Waals surface area contributed by atoms with Crippen molar-refractivity contribution in [2.24, 2.45) is 0 Å². The van der Waals surface area contributed by atoms with Gasteiger partial charge in [-0.05, 0) is 40.8 Å². The summed E-state index contributed by atoms with van der Waals surface area (Å²) >= 11 is 2.00. The number of anilines is 2. The number of imidazole rings is 1. The number of benzene rings is 1. The van der Waals surface area contributed by atoms with Gasteiger partial charge in [0, 0.05) is 3.57 Å². The summed E-state index contributed by atoms with van der Waals surface area (Å²) in [5, 5.41) is 11.5. The van der Waals surface area contributed by atoms with Gasteiger partial charge in [0.15, 0.2) is 5.82 Å². The lowest BCUT2D eigenvalue weighted by Gasteiger charge is -2.14. The molecule has 0 unspecified atom stereocenters. The highest BCUT2D eigenvalue weighted by molar-refractivity contribution is 14.1. The molecule has 9 nitrogen and oxygen atoms in total. The number of hydrogen-bond acceptors (Lipinski definition) is 7. The maximum Gasteiger partial charge on any atom is 0.438 e. The van der Waals surface area contributed by atoms with Crippen molar-refractivity contribution in [1.29, 1.82) is 0 Å². The number of nitrogens with zero attached hydrogens (tertiary/aromatic N) is 3. The minimum absolute atomic E-state index is 0.0952. The first-order chi connectivity index (χ1) is 12.6. The first-order valence-corrected chi connectivity index (χ1v) is 8.40. The van der Waals surface area contributed by atoms with Gasteiger partial charge in [0.1, 0.15) is 12.1 Å². The van der Waals surface area contributed by atoms with E-state index in [0.29, 0.717) is 5.52 Å². The Balaban J connectivity index is 1.91. The standard InChI is InChI=1S/C15H13FIN5O4/c16-11-5-9(17)1-2-12(11)20-13-14(26-15(24)21-25-4-3-23)19-7-10-6-18-8-22(10)13/h1-2,5-8,20,23H,3-4H2,(H,21,24). The molecule has 0 bridgehead atoms. The average Bonchev–Trinajstić information content (AvgIpc) is 3.08. The maximum absolute atomic E-state index is 14.2. The van der Waals surface area contributed by atoms with E-state index in [9.17, 15) is 9.18 Å². The van der Waals surface area contributed by atoms with E-state index in [1.54, 1.807) is 22.7 Å². The van der Waals surface area contributed by atoms with Crippen LogP contribution < -0.4 is 15.5 Å². The molecule has 0 aliphatic heterocycles. The molecule has 3 rings (SSSR count). The zero-order chi connectivity index (χ0) is 18.5. The minimum Gasteiger partial charge on any atom is -0.394 e. The Morgan fingerprint density at radius 1 is 1.38 bits per heavy atom. The van der Waals surface area contributed by atoms with Gasteiger partial charge in [-0.25, -0.2) is 19.2 Å². The van der Waals surface area contributed by atoms with E-state index in [-0.39, 0.29) is 30.6 Å². The average molecular weight is 473 g/mol. The van der Waals surface area contributed by atoms with Crippen LogP contribution in [0.4, 0.5) is 20.7 Å². The zero-order valence-electron chi connectivity index (χ0n) is 13.1. The lowest BCUT2D eigenvalue weighted by molar-refractivity contribution is 0.0242. The summed E-state index contributed by atoms with van der Waals surface area (Å²) in [7, 11) is 0. The van der Waals surface area contributed by atoms with Crippen LogP contribution in [-0.4, -0.2) is 38.8 Å². The van der Waals surface area contributed by atoms with Crippen LogP contribution >= 0.6 is 22.6 Å². The van der Waals surface area contributed by atoms with Gasteiger partial charge in [-0.1, -0.05) is 0 Å². The van der Waals surface area contributed by atoms with Crippen LogP contribution in [0.3, 0.4) is 0 Å². The highest BCUT2D eigenvalue weighted by Gasteiger charge is 2.16. The Kier molecular flexibility index (Phi) is 5.80. The number of ether oxygens (including phenoxy) is 1. The van der Waals surface area contributed by atoms with Gasteiger partial charge in [-0.3, -0.25) is 9.24 Å². The normalized spacial score (nSPS) is 10.7. The number of rotatable bonds is 6. The number of hydrogen-bond donors (Lipinski definition) is 3. The topological polar surface area (TPSA) is 110 Å². The number of aliphatic hydroxyl groups is 1. The van der Waals surface area contributed by atoms with Gasteiger partial charge in [-0.15, -0.1) is 0 Å². The van der Waals surface area contributed by atoms with Crippen molar-refractivity contribution in [3.8, 4) is 5.88 Å². The molecule has 1 aromatic carbocycles. The molecule has 2 heterocycles. The van der Waals surface area contributed by atoms with Crippen molar-refractivity contribution in [3.63, 3.8) is 0 Å². The molecule has 0 spiro atoms. The third-order valence-corrected chi connectivity index (χ3v) is 3.82. The monoisotopic (exact) mass is 473 g/mol. The molecule has 2 aromatic heterocycles. The van der Waals surface area contributed by atoms with Crippen LogP contribution in [-0.2, 0) is 4.84 Å². The summed E-state index contributed by atoms with van der Waals surface area (Å²) in [6, 6.07) is 4.64. The van der Waals surface area contributed by atoms with Crippen LogP contribution in [0, 0.1) is 9.39 Å². The Morgan fingerprint density at radius 2 is 2.23 bits per heavy atom. The van der Waals surface area contributed by atoms with Crippen molar-refractivity contribution < 1.29 is 23.9 Å². The molecular formula is C15H13FIN5O4. The fourth-order valence-electron chi connectivity index (χ4n) is 2.05. The number of carbonyl (C=O) groups excluding carboxylic acids is 1. The molecule has 26 heavy (non-hydrogen) atoms. The second-order valence-corrected chi connectivity index (χ2v) is 6.16. The molecule has 0 saturated carbocycles. The number of amides is 1. The quantitative estimate of drug-likeness (QED) is 0.286. The molecule has 0 fully saturated rings. The molecular weight excluding hydrogens is 460 g/mol. The van der Waals surface area contributed by atoms with E-state index in [1.807, 2.05) is 28.1 Å². The highest BCUT2D eigenvalue weighted by atomic mass is 127. The Morgan fingerprint density at radius 3 is 3.00 bits per heavy atom. The lowest BCUT2D eigenvalue weighted by Crippen LogP contribution is -2.28. The molecule has 0 aliphatic rings. The van der Waals surface area contributed by atoms with Crippen molar-refractivity contribution in [2.75, 3.05) is 18.5 Å². The van der Waals surface area contributed by atoms with Crippen molar-refractivity contribution >= 4 is 45.7 Å². The molecule has 1 amide bonds. The lowest BCUT2D eigenvalue weighted by atomic mass is 10.3. The number of aromatic nitrogens is 3. The zero-order valence-corrected chi connectivity index (χ0v) is 15.3. The van der Waals surface area contributed by atoms with Crippen LogP contribution in [0.5, 0.6) is 5.88 Å². The Bertz CT molecular complexity index is 936. The predicted molar refractivity (Wildman–Crippen MR) is 97.6 cm³/mol. The maximum atomic E-state index is 14.2. The van der Waals surface area contributed by atoms with E-state index in [4.69, 9.17) is 9.84 Å². The molecule has 0 saturated heterocycles. The Labute approximate surface area is 160 Å². The number of nitrogens with one attached hydrogen (secondary N) is 2. The summed E-state index contributed by atoms with van der Waals surface area (Å²) in [5.74, 6) is -0.383. The fraction of sp³-hybridized carbons (Fsp3) is 0.133. The van der Waals surface area contributed by atoms with Gasteiger partial charge in [0.05, 0.1) is 36.8 Å². The molecule has 3 N–H and O–H groups in total. The largest absolute Gasteiger partial charge is 0.438 e. The summed E-state index contributed by atoms with van der Waals surface area (Å²) in [6.45, 7) is -0.361. The number of fused-ring (bicyclic) bond motifs is 1. The minimum atomic E-state index is -0.948. The number of hydroxylamine groups is 1. The summed E-state index contributed by atoms with van der Waals surface area (Å²) in [4.78, 5) is 24.5. The van der Waals surface area contributed by atoms with E-state index >= 15 is 0 Å². The van der Waals surface area contributed by atoms with Crippen LogP contribution in [0.15, 0.2) is 36.9 Å². The van der Waals surface area contributed by atoms with E-state index in [1.165, 1.54) is 18.6 Å². The first kappa shape index (κ1) is 18.3. The second kappa shape index (κ2) is 8.25. The highest BCUT2D eigenvalue weighted by Crippen LogP contribution is 2.28. The summed E-state index contributed by atoms with van der Waals surface area (Å²) < 4.78 is 21.6. The fourth-order valence-corrected chi connectivity index (χ4v) is 2.50. The third kappa shape index (κ3) is 4.17. The van der Waals surface area contributed by atoms with Gasteiger partial charge in [0.25, 0.3) is 5.88 Å². The predicted octanol–water partition coefficient (Wildman–Crippen LogP) is 2.23. The van der Waals surface area contributed by atoms with Gasteiger partial charge in [0.2, 0.25) is 0 Å². The summed E-state index contributed by atoms with van der Waals surface area (Å²) in [5.41, 5.74) is 2.78. The van der Waals surface area contributed by atoms with E-state index < -0.39 is 11.9 Å². The Hall–Kier alpha value is -2.51. The third-order valence-electron chi connectivity index (χ3n) is 3.15. The molecule has 3 aromatic rings. The van der Waals surface area contributed by atoms with Crippen molar-refractivity contribution in [1.82, 2.24) is 19.8 Å². The first-order valence-electron chi connectivity index (χ1n) is 7.32. The molecule has 0 radical (unpaired) electrons. The van der Waals surface area contributed by atoms with Crippen molar-refractivity contribution in [3.05, 3.63) is 46.3 Å². The number of aliphatic hydroxyl groups excluding tert-OH is 1. The van der Waals surface area contributed by atoms with Gasteiger partial charge >= 0.3 is 6.09 Å². The number of halogens is 2. The molecule has 0 atom stereocenters. The SMILES string of the molecule is O=C(NOCCO)Oc1ncc2cncn2c1Nc1ccc(I)cc1F. The molecule has 136 valence electrons. The smallest absolute Gasteiger partial charge is 0.394 e. The van der Waals surface area contributed by atoms with E-state index in [2.05, 4.69) is 20.1 Å². The number of carbonyl (C=O) groups is 1. The van der Waals surface area contributed by atoms with E-state index in [0.717, 1.165) is 3.57 Å². The van der Waals surface area contributed by atoms with Crippen LogP contribution in [0.1, 0.15) is 0 Å².